The van der Waals surface area contributed by atoms with Crippen molar-refractivity contribution in [2.24, 2.45) is 0 Å². The maximum Gasteiger partial charge on any atom is 0.254 e. The number of benzene rings is 1. The van der Waals surface area contributed by atoms with E-state index >= 15 is 0 Å². The summed E-state index contributed by atoms with van der Waals surface area (Å²) in [5.74, 6) is 0. The summed E-state index contributed by atoms with van der Waals surface area (Å²) < 4.78 is 1.96. The molecule has 5 heteroatoms. The van der Waals surface area contributed by atoms with Crippen LogP contribution in [0.25, 0.3) is 16.6 Å². The number of rotatable bonds is 2. The molecule has 0 aliphatic heterocycles. The van der Waals surface area contributed by atoms with Crippen LogP contribution in [0.2, 0.25) is 0 Å². The summed E-state index contributed by atoms with van der Waals surface area (Å²) >= 11 is 5.56. The normalized spacial score (nSPS) is 10.3. The van der Waals surface area contributed by atoms with E-state index in [0.717, 1.165) is 22.3 Å². The predicted octanol–water partition coefficient (Wildman–Crippen LogP) is 4.13. The van der Waals surface area contributed by atoms with Gasteiger partial charge in [0.05, 0.1) is 16.8 Å². The number of pyridine rings is 1. The zero-order valence-electron chi connectivity index (χ0n) is 10.7. The highest BCUT2D eigenvalue weighted by Gasteiger charge is 2.12. The zero-order chi connectivity index (χ0) is 13.4. The molecule has 3 rings (SSSR count). The molecule has 0 spiro atoms. The summed E-state index contributed by atoms with van der Waals surface area (Å²) in [4.78, 5) is 15.6. The summed E-state index contributed by atoms with van der Waals surface area (Å²) in [5.41, 5.74) is 3.28. The Kier molecular flexibility index (Phi) is 4.12. The largest absolute Gasteiger partial charge is 0.320 e. The molecule has 0 fully saturated rings. The van der Waals surface area contributed by atoms with Gasteiger partial charge in [-0.3, -0.25) is 9.78 Å². The van der Waals surface area contributed by atoms with Crippen LogP contribution in [0, 0.1) is 6.92 Å². The van der Waals surface area contributed by atoms with Gasteiger partial charge in [0, 0.05) is 23.5 Å². The minimum Gasteiger partial charge on any atom is -0.320 e. The molecule has 102 valence electrons. The number of carbonyl (C=O) groups is 1. The van der Waals surface area contributed by atoms with E-state index in [1.165, 1.54) is 0 Å². The van der Waals surface area contributed by atoms with Crippen molar-refractivity contribution in [2.75, 3.05) is 0 Å². The molecule has 3 nitrogen and oxygen atoms in total. The SMILES string of the molecule is Cc1c(C(=O)Cl)ccn1-c1ccnc2ccccc12.Cl. The van der Waals surface area contributed by atoms with Gasteiger partial charge >= 0.3 is 0 Å². The van der Waals surface area contributed by atoms with Crippen molar-refractivity contribution in [3.8, 4) is 5.69 Å². The third-order valence-corrected chi connectivity index (χ3v) is 3.44. The van der Waals surface area contributed by atoms with E-state index in [0.29, 0.717) is 5.56 Å². The number of fused-ring (bicyclic) bond motifs is 1. The second kappa shape index (κ2) is 5.65. The second-order valence-corrected chi connectivity index (χ2v) is 4.65. The Bertz CT molecular complexity index is 775. The Hall–Kier alpha value is -1.84. The fourth-order valence-electron chi connectivity index (χ4n) is 2.27. The number of hydrogen-bond acceptors (Lipinski definition) is 2. The van der Waals surface area contributed by atoms with Crippen LogP contribution in [0.4, 0.5) is 0 Å². The average molecular weight is 307 g/mol. The summed E-state index contributed by atoms with van der Waals surface area (Å²) in [6.07, 6.45) is 3.62. The number of hydrogen-bond donors (Lipinski definition) is 0. The molecule has 20 heavy (non-hydrogen) atoms. The lowest BCUT2D eigenvalue weighted by molar-refractivity contribution is 0.108. The van der Waals surface area contributed by atoms with E-state index < -0.39 is 5.24 Å². The molecule has 0 N–H and O–H groups in total. The number of para-hydroxylation sites is 1. The van der Waals surface area contributed by atoms with Crippen LogP contribution in [0.5, 0.6) is 0 Å². The van der Waals surface area contributed by atoms with Crippen molar-refractivity contribution < 1.29 is 4.79 Å². The molecule has 0 unspecified atom stereocenters. The summed E-state index contributed by atoms with van der Waals surface area (Å²) in [6.45, 7) is 1.88. The van der Waals surface area contributed by atoms with Crippen LogP contribution < -0.4 is 0 Å². The fraction of sp³-hybridized carbons (Fsp3) is 0.0667. The van der Waals surface area contributed by atoms with Gasteiger partial charge in [0.25, 0.3) is 5.24 Å². The first-order valence-electron chi connectivity index (χ1n) is 5.90. The Morgan fingerprint density at radius 1 is 1.20 bits per heavy atom. The molecule has 0 atom stereocenters. The molecular weight excluding hydrogens is 295 g/mol. The van der Waals surface area contributed by atoms with Gasteiger partial charge in [0.15, 0.2) is 0 Å². The lowest BCUT2D eigenvalue weighted by atomic mass is 10.2. The smallest absolute Gasteiger partial charge is 0.254 e. The first-order chi connectivity index (χ1) is 9.18. The standard InChI is InChI=1S/C15H11ClN2O.ClH/c1-10-11(15(16)19)7-9-18(10)14-6-8-17-13-5-3-2-4-12(13)14;/h2-9H,1H3;1H. The molecule has 0 bridgehead atoms. The summed E-state index contributed by atoms with van der Waals surface area (Å²) in [6, 6.07) is 11.6. The lowest BCUT2D eigenvalue weighted by Crippen LogP contribution is -1.99. The molecule has 3 aromatic rings. The Morgan fingerprint density at radius 3 is 2.65 bits per heavy atom. The Labute approximate surface area is 127 Å². The molecule has 0 saturated heterocycles. The van der Waals surface area contributed by atoms with Crippen molar-refractivity contribution in [3.63, 3.8) is 0 Å². The molecule has 2 aromatic heterocycles. The number of carbonyl (C=O) groups excluding carboxylic acids is 1. The predicted molar refractivity (Wildman–Crippen MR) is 83.2 cm³/mol. The minimum absolute atomic E-state index is 0. The number of aromatic nitrogens is 2. The fourth-order valence-corrected chi connectivity index (χ4v) is 2.47. The van der Waals surface area contributed by atoms with Crippen LogP contribution in [-0.4, -0.2) is 14.8 Å². The van der Waals surface area contributed by atoms with Crippen LogP contribution in [0.15, 0.2) is 48.8 Å². The third kappa shape index (κ3) is 2.30. The van der Waals surface area contributed by atoms with Gasteiger partial charge in [0.1, 0.15) is 0 Å². The molecule has 0 aliphatic rings. The maximum atomic E-state index is 11.3. The molecule has 0 aliphatic carbocycles. The van der Waals surface area contributed by atoms with Gasteiger partial charge in [-0.25, -0.2) is 0 Å². The Balaban J connectivity index is 0.00000147. The van der Waals surface area contributed by atoms with E-state index in [1.54, 1.807) is 12.3 Å². The number of nitrogens with zero attached hydrogens (tertiary/aromatic N) is 2. The third-order valence-electron chi connectivity index (χ3n) is 3.24. The van der Waals surface area contributed by atoms with Gasteiger partial charge in [-0.15, -0.1) is 12.4 Å². The van der Waals surface area contributed by atoms with Gasteiger partial charge in [-0.2, -0.15) is 0 Å². The van der Waals surface area contributed by atoms with Gasteiger partial charge in [0.2, 0.25) is 0 Å². The molecule has 1 aromatic carbocycles. The average Bonchev–Trinajstić information content (AvgIpc) is 2.80. The van der Waals surface area contributed by atoms with Gasteiger partial charge < -0.3 is 4.57 Å². The van der Waals surface area contributed by atoms with E-state index in [2.05, 4.69) is 4.98 Å². The highest BCUT2D eigenvalue weighted by atomic mass is 35.5. The quantitative estimate of drug-likeness (QED) is 0.667. The van der Waals surface area contributed by atoms with Crippen molar-refractivity contribution >= 4 is 40.2 Å². The van der Waals surface area contributed by atoms with Gasteiger partial charge in [-0.05, 0) is 36.7 Å². The topological polar surface area (TPSA) is 34.9 Å². The van der Waals surface area contributed by atoms with Crippen molar-refractivity contribution in [3.05, 3.63) is 60.0 Å². The highest BCUT2D eigenvalue weighted by Crippen LogP contribution is 2.24. The maximum absolute atomic E-state index is 11.3. The zero-order valence-corrected chi connectivity index (χ0v) is 12.3. The van der Waals surface area contributed by atoms with Gasteiger partial charge in [-0.1, -0.05) is 18.2 Å². The summed E-state index contributed by atoms with van der Waals surface area (Å²) in [7, 11) is 0. The Morgan fingerprint density at radius 2 is 1.95 bits per heavy atom. The van der Waals surface area contributed by atoms with E-state index in [1.807, 2.05) is 48.0 Å². The minimum atomic E-state index is -0.436. The molecule has 0 amide bonds. The van der Waals surface area contributed by atoms with Crippen LogP contribution in [0.3, 0.4) is 0 Å². The molecule has 2 heterocycles. The van der Waals surface area contributed by atoms with E-state index in [9.17, 15) is 4.79 Å². The van der Waals surface area contributed by atoms with E-state index in [-0.39, 0.29) is 12.4 Å². The van der Waals surface area contributed by atoms with Crippen LogP contribution in [0.1, 0.15) is 16.1 Å². The first kappa shape index (κ1) is 14.6. The van der Waals surface area contributed by atoms with Crippen LogP contribution in [-0.2, 0) is 0 Å². The monoisotopic (exact) mass is 306 g/mol. The molecular formula is C15H12Cl2N2O. The van der Waals surface area contributed by atoms with Crippen molar-refractivity contribution in [1.29, 1.82) is 0 Å². The number of halogens is 2. The van der Waals surface area contributed by atoms with Crippen molar-refractivity contribution in [1.82, 2.24) is 9.55 Å². The lowest BCUT2D eigenvalue weighted by Gasteiger charge is -2.09. The first-order valence-corrected chi connectivity index (χ1v) is 6.28. The second-order valence-electron chi connectivity index (χ2n) is 4.31. The van der Waals surface area contributed by atoms with Crippen LogP contribution >= 0.6 is 24.0 Å². The van der Waals surface area contributed by atoms with Crippen molar-refractivity contribution in [2.45, 2.75) is 6.92 Å². The highest BCUT2D eigenvalue weighted by molar-refractivity contribution is 6.67. The molecule has 0 saturated carbocycles. The molecule has 0 radical (unpaired) electrons. The summed E-state index contributed by atoms with van der Waals surface area (Å²) in [5, 5.41) is 0.604. The van der Waals surface area contributed by atoms with E-state index in [4.69, 9.17) is 11.6 Å².